The molecule has 2 unspecified atom stereocenters. The lowest BCUT2D eigenvalue weighted by Crippen LogP contribution is -2.59. The Bertz CT molecular complexity index is 1220. The summed E-state index contributed by atoms with van der Waals surface area (Å²) in [6, 6.07) is 0. The Balaban J connectivity index is 2.36. The highest BCUT2D eigenvalue weighted by Gasteiger charge is 2.44. The standard InChI is InChI=1S/C51H86O10/c1-3-5-7-9-11-13-15-17-19-21-22-24-26-28-30-32-34-36-38-40-47(54)60-44(43-59-51-50(57)49(56)48(55)45(41-52)61-51)42-58-46(53)39-37-35-33-31-29-27-25-23-20-18-16-14-12-10-8-6-4-2/h5,7,11,13,17,19,22,24,28,30,34,36,44-45,48-52,55-57H,3-4,6,8-10,12,14-16,18,20-21,23,25-27,29,31-33,35,37-43H2,1-2H3/b7-5+,13-11+,19-17+,24-22+,30-28+,36-34+/t44-,45-,48+,49?,50?,51-/m1/s1. The third-order valence-corrected chi connectivity index (χ3v) is 10.6. The van der Waals surface area contributed by atoms with Crippen molar-refractivity contribution in [3.63, 3.8) is 0 Å². The number of aliphatic hydroxyl groups is 4. The van der Waals surface area contributed by atoms with Crippen LogP contribution in [0.25, 0.3) is 0 Å². The zero-order valence-electron chi connectivity index (χ0n) is 38.1. The van der Waals surface area contributed by atoms with Crippen molar-refractivity contribution < 1.29 is 49.0 Å². The molecule has 0 amide bonds. The van der Waals surface area contributed by atoms with Crippen LogP contribution in [0.2, 0.25) is 0 Å². The van der Waals surface area contributed by atoms with Crippen molar-refractivity contribution >= 4 is 11.9 Å². The summed E-state index contributed by atoms with van der Waals surface area (Å²) in [6.07, 6.45) is 44.9. The van der Waals surface area contributed by atoms with Gasteiger partial charge in [0.1, 0.15) is 31.0 Å². The molecule has 0 bridgehead atoms. The summed E-state index contributed by atoms with van der Waals surface area (Å²) < 4.78 is 22.1. The van der Waals surface area contributed by atoms with Crippen LogP contribution in [-0.2, 0) is 28.5 Å². The first-order valence-corrected chi connectivity index (χ1v) is 24.0. The SMILES string of the molecule is CC/C=C/C/C=C/C/C=C/C/C=C/C/C=C/C/C=C/CCC(=O)O[C@H](COC(=O)CCCCCCCCCCCCCCCCCCC)CO[C@@H]1O[C@H](CO)[C@H](O)C(O)C1O. The first-order chi connectivity index (χ1) is 29.8. The van der Waals surface area contributed by atoms with E-state index in [-0.39, 0.29) is 26.1 Å². The van der Waals surface area contributed by atoms with Gasteiger partial charge in [0.15, 0.2) is 12.4 Å². The van der Waals surface area contributed by atoms with Gasteiger partial charge in [0, 0.05) is 12.8 Å². The second-order valence-electron chi connectivity index (χ2n) is 16.2. The quantitative estimate of drug-likeness (QED) is 0.0267. The average molecular weight is 859 g/mol. The van der Waals surface area contributed by atoms with Gasteiger partial charge in [-0.2, -0.15) is 0 Å². The van der Waals surface area contributed by atoms with Gasteiger partial charge < -0.3 is 39.4 Å². The van der Waals surface area contributed by atoms with Crippen LogP contribution in [0.5, 0.6) is 0 Å². The van der Waals surface area contributed by atoms with Crippen molar-refractivity contribution in [2.75, 3.05) is 19.8 Å². The van der Waals surface area contributed by atoms with E-state index in [1.165, 1.54) is 89.9 Å². The van der Waals surface area contributed by atoms with E-state index < -0.39 is 55.4 Å². The van der Waals surface area contributed by atoms with Gasteiger partial charge in [0.25, 0.3) is 0 Å². The number of rotatable bonds is 39. The van der Waals surface area contributed by atoms with Gasteiger partial charge in [-0.1, -0.05) is 189 Å². The molecule has 1 aliphatic heterocycles. The predicted molar refractivity (Wildman–Crippen MR) is 247 cm³/mol. The number of hydrogen-bond donors (Lipinski definition) is 4. The Morgan fingerprint density at radius 1 is 0.525 bits per heavy atom. The molecule has 0 aromatic heterocycles. The number of unbranched alkanes of at least 4 members (excludes halogenated alkanes) is 16. The first-order valence-electron chi connectivity index (χ1n) is 24.0. The second-order valence-corrected chi connectivity index (χ2v) is 16.2. The largest absolute Gasteiger partial charge is 0.462 e. The molecule has 1 fully saturated rings. The van der Waals surface area contributed by atoms with Crippen LogP contribution in [0.4, 0.5) is 0 Å². The maximum atomic E-state index is 12.8. The van der Waals surface area contributed by atoms with Gasteiger partial charge in [-0.3, -0.25) is 9.59 Å². The molecule has 1 heterocycles. The Morgan fingerprint density at radius 3 is 1.43 bits per heavy atom. The topological polar surface area (TPSA) is 152 Å². The molecule has 61 heavy (non-hydrogen) atoms. The molecule has 0 aromatic rings. The van der Waals surface area contributed by atoms with Crippen LogP contribution in [0, 0.1) is 0 Å². The van der Waals surface area contributed by atoms with E-state index >= 15 is 0 Å². The third-order valence-electron chi connectivity index (χ3n) is 10.6. The van der Waals surface area contributed by atoms with Crippen LogP contribution in [0.3, 0.4) is 0 Å². The Kier molecular flexibility index (Phi) is 37.9. The average Bonchev–Trinajstić information content (AvgIpc) is 3.26. The van der Waals surface area contributed by atoms with Gasteiger partial charge in [-0.25, -0.2) is 0 Å². The summed E-state index contributed by atoms with van der Waals surface area (Å²) in [5.41, 5.74) is 0. The lowest BCUT2D eigenvalue weighted by Gasteiger charge is -2.39. The van der Waals surface area contributed by atoms with Gasteiger partial charge in [-0.15, -0.1) is 0 Å². The predicted octanol–water partition coefficient (Wildman–Crippen LogP) is 10.8. The van der Waals surface area contributed by atoms with E-state index in [0.717, 1.165) is 57.8 Å². The van der Waals surface area contributed by atoms with Gasteiger partial charge in [0.05, 0.1) is 13.2 Å². The molecule has 1 aliphatic rings. The Labute approximate surface area is 370 Å². The van der Waals surface area contributed by atoms with Gasteiger partial charge in [0.2, 0.25) is 0 Å². The van der Waals surface area contributed by atoms with E-state index in [0.29, 0.717) is 6.42 Å². The van der Waals surface area contributed by atoms with Crippen molar-refractivity contribution in [2.24, 2.45) is 0 Å². The molecule has 0 aromatic carbocycles. The summed E-state index contributed by atoms with van der Waals surface area (Å²) in [5.74, 6) is -0.904. The molecule has 0 spiro atoms. The van der Waals surface area contributed by atoms with E-state index in [9.17, 15) is 30.0 Å². The number of aliphatic hydroxyl groups excluding tert-OH is 4. The van der Waals surface area contributed by atoms with Crippen LogP contribution in [0.15, 0.2) is 72.9 Å². The molecule has 0 radical (unpaired) electrons. The molecule has 10 heteroatoms. The van der Waals surface area contributed by atoms with Gasteiger partial charge in [-0.05, 0) is 51.4 Å². The minimum Gasteiger partial charge on any atom is -0.462 e. The lowest BCUT2D eigenvalue weighted by molar-refractivity contribution is -0.305. The summed E-state index contributed by atoms with van der Waals surface area (Å²) in [5, 5.41) is 40.1. The van der Waals surface area contributed by atoms with E-state index in [1.807, 2.05) is 12.2 Å². The van der Waals surface area contributed by atoms with Crippen LogP contribution >= 0.6 is 0 Å². The number of carbonyl (C=O) groups is 2. The molecule has 4 N–H and O–H groups in total. The van der Waals surface area contributed by atoms with Crippen molar-refractivity contribution in [3.8, 4) is 0 Å². The van der Waals surface area contributed by atoms with E-state index in [4.69, 9.17) is 18.9 Å². The second kappa shape index (κ2) is 41.2. The number of carbonyl (C=O) groups excluding carboxylic acids is 2. The zero-order valence-corrected chi connectivity index (χ0v) is 38.1. The van der Waals surface area contributed by atoms with Crippen molar-refractivity contribution in [2.45, 2.75) is 218 Å². The monoisotopic (exact) mass is 859 g/mol. The number of esters is 2. The minimum atomic E-state index is -1.61. The maximum absolute atomic E-state index is 12.8. The van der Waals surface area contributed by atoms with Crippen molar-refractivity contribution in [3.05, 3.63) is 72.9 Å². The Hall–Kier alpha value is -2.86. The van der Waals surface area contributed by atoms with Crippen LogP contribution in [-0.4, -0.2) is 89.0 Å². The smallest absolute Gasteiger partial charge is 0.306 e. The fourth-order valence-corrected chi connectivity index (χ4v) is 6.86. The summed E-state index contributed by atoms with van der Waals surface area (Å²) in [4.78, 5) is 25.4. The van der Waals surface area contributed by atoms with E-state index in [1.54, 1.807) is 0 Å². The maximum Gasteiger partial charge on any atom is 0.306 e. The summed E-state index contributed by atoms with van der Waals surface area (Å²) in [6.45, 7) is 3.24. The van der Waals surface area contributed by atoms with Crippen molar-refractivity contribution in [1.29, 1.82) is 0 Å². The lowest BCUT2D eigenvalue weighted by atomic mass is 9.99. The Morgan fingerprint density at radius 2 is 0.967 bits per heavy atom. The molecule has 0 aliphatic carbocycles. The molecule has 10 nitrogen and oxygen atoms in total. The van der Waals surface area contributed by atoms with Crippen LogP contribution < -0.4 is 0 Å². The normalized spacial score (nSPS) is 20.4. The summed E-state index contributed by atoms with van der Waals surface area (Å²) >= 11 is 0. The highest BCUT2D eigenvalue weighted by Crippen LogP contribution is 2.22. The minimum absolute atomic E-state index is 0.103. The number of allylic oxidation sites excluding steroid dienone is 12. The summed E-state index contributed by atoms with van der Waals surface area (Å²) in [7, 11) is 0. The first kappa shape index (κ1) is 56.2. The fraction of sp³-hybridized carbons (Fsp3) is 0.725. The molecule has 6 atom stereocenters. The molecule has 1 rings (SSSR count). The molecule has 1 saturated heterocycles. The van der Waals surface area contributed by atoms with Crippen molar-refractivity contribution in [1.82, 2.24) is 0 Å². The van der Waals surface area contributed by atoms with E-state index in [2.05, 4.69) is 74.6 Å². The number of hydrogen-bond acceptors (Lipinski definition) is 10. The van der Waals surface area contributed by atoms with Crippen LogP contribution in [0.1, 0.15) is 181 Å². The zero-order chi connectivity index (χ0) is 44.4. The molecular weight excluding hydrogens is 773 g/mol. The molecule has 0 saturated carbocycles. The molecule has 350 valence electrons. The highest BCUT2D eigenvalue weighted by atomic mass is 16.7. The molecular formula is C51H86O10. The highest BCUT2D eigenvalue weighted by molar-refractivity contribution is 5.70. The number of ether oxygens (including phenoxy) is 4. The fourth-order valence-electron chi connectivity index (χ4n) is 6.86. The van der Waals surface area contributed by atoms with Gasteiger partial charge >= 0.3 is 11.9 Å². The third kappa shape index (κ3) is 32.5.